The number of anilines is 1. The second-order valence-electron chi connectivity index (χ2n) is 7.35. The summed E-state index contributed by atoms with van der Waals surface area (Å²) < 4.78 is 2.55. The zero-order valence-corrected chi connectivity index (χ0v) is 19.4. The minimum absolute atomic E-state index is 0.0735. The molecule has 9 heteroatoms. The lowest BCUT2D eigenvalue weighted by molar-refractivity contribution is -0.119. The van der Waals surface area contributed by atoms with Gasteiger partial charge in [-0.2, -0.15) is 0 Å². The molecule has 0 atom stereocenters. The first kappa shape index (κ1) is 21.7. The lowest BCUT2D eigenvalue weighted by atomic mass is 10.2. The molecule has 1 amide bonds. The van der Waals surface area contributed by atoms with Crippen molar-refractivity contribution in [3.63, 3.8) is 0 Å². The maximum absolute atomic E-state index is 13.4. The van der Waals surface area contributed by atoms with Crippen LogP contribution in [0.3, 0.4) is 0 Å². The van der Waals surface area contributed by atoms with E-state index < -0.39 is 0 Å². The summed E-state index contributed by atoms with van der Waals surface area (Å²) in [4.78, 5) is 22.3. The number of nitrogens with zero attached hydrogens (tertiary/aromatic N) is 6. The summed E-state index contributed by atoms with van der Waals surface area (Å²) in [5.41, 5.74) is 3.50. The molecule has 0 spiro atoms. The Labute approximate surface area is 190 Å². The van der Waals surface area contributed by atoms with Gasteiger partial charge in [0.15, 0.2) is 5.13 Å². The summed E-state index contributed by atoms with van der Waals surface area (Å²) in [6.07, 6.45) is 0. The van der Waals surface area contributed by atoms with Gasteiger partial charge in [-0.05, 0) is 43.8 Å². The number of carbonyl (C=O) groups is 1. The first-order chi connectivity index (χ1) is 15.0. The molecule has 0 unspecified atom stereocenters. The van der Waals surface area contributed by atoms with Gasteiger partial charge < -0.3 is 4.90 Å². The maximum Gasteiger partial charge on any atom is 0.250 e. The highest BCUT2D eigenvalue weighted by molar-refractivity contribution is 7.23. The Morgan fingerprint density at radius 2 is 1.90 bits per heavy atom. The number of aromatic nitrogens is 4. The number of para-hydroxylation sites is 1. The van der Waals surface area contributed by atoms with Crippen LogP contribution in [0.5, 0.6) is 0 Å². The zero-order valence-electron chi connectivity index (χ0n) is 17.9. The molecule has 0 saturated carbocycles. The molecule has 0 radical (unpaired) electrons. The summed E-state index contributed by atoms with van der Waals surface area (Å²) in [6.45, 7) is 9.51. The van der Waals surface area contributed by atoms with E-state index in [1.54, 1.807) is 9.58 Å². The molecule has 4 aromatic rings. The van der Waals surface area contributed by atoms with Crippen molar-refractivity contribution in [2.75, 3.05) is 31.1 Å². The molecule has 162 valence electrons. The third-order valence-electron chi connectivity index (χ3n) is 5.46. The third-order valence-corrected chi connectivity index (χ3v) is 7.00. The number of aryl methyl sites for hydroxylation is 1. The van der Waals surface area contributed by atoms with Crippen LogP contribution >= 0.6 is 22.9 Å². The smallest absolute Gasteiger partial charge is 0.250 e. The summed E-state index contributed by atoms with van der Waals surface area (Å²) in [6, 6.07) is 11.5. The van der Waals surface area contributed by atoms with Crippen molar-refractivity contribution in [1.29, 1.82) is 0 Å². The molecule has 2 heterocycles. The van der Waals surface area contributed by atoms with Gasteiger partial charge in [0, 0.05) is 13.1 Å². The van der Waals surface area contributed by atoms with Crippen LogP contribution in [0.2, 0.25) is 5.02 Å². The maximum atomic E-state index is 13.4. The number of likely N-dealkylation sites (N-methyl/N-ethyl adjacent to an activating group) is 1. The predicted octanol–water partition coefficient (Wildman–Crippen LogP) is 4.38. The number of amides is 1. The summed E-state index contributed by atoms with van der Waals surface area (Å²) in [5, 5.41) is 9.66. The molecule has 2 aromatic carbocycles. The molecule has 0 bridgehead atoms. The van der Waals surface area contributed by atoms with E-state index in [0.29, 0.717) is 16.7 Å². The van der Waals surface area contributed by atoms with E-state index in [9.17, 15) is 4.79 Å². The fourth-order valence-corrected chi connectivity index (χ4v) is 4.92. The van der Waals surface area contributed by atoms with E-state index in [1.165, 1.54) is 11.3 Å². The Morgan fingerprint density at radius 3 is 2.65 bits per heavy atom. The van der Waals surface area contributed by atoms with E-state index in [0.717, 1.165) is 46.4 Å². The molecule has 0 N–H and O–H groups in total. The quantitative estimate of drug-likeness (QED) is 0.393. The number of hydrogen-bond donors (Lipinski definition) is 0. The van der Waals surface area contributed by atoms with Crippen LogP contribution in [0.15, 0.2) is 36.4 Å². The third kappa shape index (κ3) is 4.42. The van der Waals surface area contributed by atoms with E-state index in [4.69, 9.17) is 16.6 Å². The Bertz CT molecular complexity index is 1180. The first-order valence-corrected chi connectivity index (χ1v) is 11.6. The molecule has 2 aromatic heterocycles. The summed E-state index contributed by atoms with van der Waals surface area (Å²) in [5.74, 6) is -0.0735. The fourth-order valence-electron chi connectivity index (χ4n) is 3.56. The average Bonchev–Trinajstić information content (AvgIpc) is 3.40. The van der Waals surface area contributed by atoms with Crippen LogP contribution in [0.25, 0.3) is 21.3 Å². The number of fused-ring (bicyclic) bond motifs is 2. The van der Waals surface area contributed by atoms with Gasteiger partial charge in [0.1, 0.15) is 12.1 Å². The highest BCUT2D eigenvalue weighted by Crippen LogP contribution is 2.35. The SMILES string of the molecule is CCN(CC)CCN(C(=O)Cn1nnc2ccccc21)c1nc2c(C)ccc(Cl)c2s1. The van der Waals surface area contributed by atoms with Gasteiger partial charge in [0.2, 0.25) is 0 Å². The van der Waals surface area contributed by atoms with E-state index in [2.05, 4.69) is 29.1 Å². The van der Waals surface area contributed by atoms with Crippen molar-refractivity contribution < 1.29 is 4.79 Å². The minimum atomic E-state index is -0.0735. The molecule has 0 aliphatic carbocycles. The average molecular weight is 457 g/mol. The van der Waals surface area contributed by atoms with Gasteiger partial charge in [0.25, 0.3) is 5.91 Å². The lowest BCUT2D eigenvalue weighted by Crippen LogP contribution is -2.40. The predicted molar refractivity (Wildman–Crippen MR) is 127 cm³/mol. The first-order valence-electron chi connectivity index (χ1n) is 10.4. The Hall–Kier alpha value is -2.55. The Morgan fingerprint density at radius 1 is 1.13 bits per heavy atom. The van der Waals surface area contributed by atoms with Crippen molar-refractivity contribution in [3.05, 3.63) is 47.0 Å². The Kier molecular flexibility index (Phi) is 6.50. The molecule has 0 fully saturated rings. The van der Waals surface area contributed by atoms with Gasteiger partial charge in [-0.15, -0.1) is 5.10 Å². The largest absolute Gasteiger partial charge is 0.302 e. The fraction of sp³-hybridized carbons (Fsp3) is 0.364. The van der Waals surface area contributed by atoms with E-state index >= 15 is 0 Å². The van der Waals surface area contributed by atoms with E-state index in [1.807, 2.05) is 43.3 Å². The second-order valence-corrected chi connectivity index (χ2v) is 8.73. The number of thiazole rings is 1. The van der Waals surface area contributed by atoms with Crippen molar-refractivity contribution >= 4 is 55.2 Å². The molecular weight excluding hydrogens is 432 g/mol. The molecule has 7 nitrogen and oxygen atoms in total. The topological polar surface area (TPSA) is 67.2 Å². The Balaban J connectivity index is 1.67. The number of halogens is 1. The second kappa shape index (κ2) is 9.30. The van der Waals surface area contributed by atoms with Gasteiger partial charge in [-0.25, -0.2) is 9.67 Å². The normalized spacial score (nSPS) is 11.6. The summed E-state index contributed by atoms with van der Waals surface area (Å²) >= 11 is 7.87. The standard InChI is InChI=1S/C22H25ClN6OS/c1-4-27(5-2)12-13-28(22-24-20-15(3)10-11-16(23)21(20)31-22)19(30)14-29-18-9-7-6-8-17(18)25-26-29/h6-11H,4-5,12-14H2,1-3H3. The summed E-state index contributed by atoms with van der Waals surface area (Å²) in [7, 11) is 0. The van der Waals surface area contributed by atoms with Crippen molar-refractivity contribution in [2.45, 2.75) is 27.3 Å². The molecule has 0 aliphatic rings. The molecule has 0 aliphatic heterocycles. The number of carbonyl (C=O) groups excluding carboxylic acids is 1. The molecule has 0 saturated heterocycles. The van der Waals surface area contributed by atoms with Crippen molar-refractivity contribution in [3.8, 4) is 0 Å². The monoisotopic (exact) mass is 456 g/mol. The number of benzene rings is 2. The molecule has 4 rings (SSSR count). The van der Waals surface area contributed by atoms with Gasteiger partial charge >= 0.3 is 0 Å². The zero-order chi connectivity index (χ0) is 22.0. The molecular formula is C22H25ClN6OS. The lowest BCUT2D eigenvalue weighted by Gasteiger charge is -2.24. The van der Waals surface area contributed by atoms with Crippen LogP contribution < -0.4 is 4.90 Å². The highest BCUT2D eigenvalue weighted by Gasteiger charge is 2.23. The van der Waals surface area contributed by atoms with Crippen molar-refractivity contribution in [2.24, 2.45) is 0 Å². The van der Waals surface area contributed by atoms with E-state index in [-0.39, 0.29) is 12.5 Å². The van der Waals surface area contributed by atoms with Gasteiger partial charge in [-0.1, -0.05) is 60.2 Å². The van der Waals surface area contributed by atoms with Crippen LogP contribution in [-0.4, -0.2) is 57.0 Å². The molecule has 31 heavy (non-hydrogen) atoms. The number of hydrogen-bond acceptors (Lipinski definition) is 6. The van der Waals surface area contributed by atoms with Crippen LogP contribution in [0.4, 0.5) is 5.13 Å². The minimum Gasteiger partial charge on any atom is -0.302 e. The highest BCUT2D eigenvalue weighted by atomic mass is 35.5. The van der Waals surface area contributed by atoms with Crippen LogP contribution in [0, 0.1) is 6.92 Å². The van der Waals surface area contributed by atoms with Crippen molar-refractivity contribution in [1.82, 2.24) is 24.9 Å². The van der Waals surface area contributed by atoms with Gasteiger partial charge in [-0.3, -0.25) is 9.69 Å². The van der Waals surface area contributed by atoms with Crippen LogP contribution in [0.1, 0.15) is 19.4 Å². The number of rotatable bonds is 8. The van der Waals surface area contributed by atoms with Crippen LogP contribution in [-0.2, 0) is 11.3 Å². The van der Waals surface area contributed by atoms with Gasteiger partial charge in [0.05, 0.1) is 20.8 Å².